The Morgan fingerprint density at radius 3 is 2.18 bits per heavy atom. The summed E-state index contributed by atoms with van der Waals surface area (Å²) in [7, 11) is 0. The number of alkyl halides is 4. The predicted octanol–water partition coefficient (Wildman–Crippen LogP) is 9.79. The number of cyclic esters (lactones) is 1. The van der Waals surface area contributed by atoms with Crippen molar-refractivity contribution >= 4 is 17.7 Å². The summed E-state index contributed by atoms with van der Waals surface area (Å²) in [6.07, 6.45) is -5.69. The van der Waals surface area contributed by atoms with Crippen LogP contribution in [0.3, 0.4) is 0 Å². The summed E-state index contributed by atoms with van der Waals surface area (Å²) >= 11 is 6.07. The van der Waals surface area contributed by atoms with Crippen LogP contribution in [0, 0.1) is 26.6 Å². The summed E-state index contributed by atoms with van der Waals surface area (Å²) < 4.78 is 57.0. The van der Waals surface area contributed by atoms with Gasteiger partial charge in [0.25, 0.3) is 0 Å². The van der Waals surface area contributed by atoms with Gasteiger partial charge in [-0.05, 0) is 91.3 Å². The summed E-state index contributed by atoms with van der Waals surface area (Å²) in [5, 5.41) is 2.50. The molecule has 0 aromatic heterocycles. The molecule has 212 valence electrons. The Balaban J connectivity index is 0.000000268. The maximum atomic E-state index is 14.0. The SMILES string of the molecule is C.Cc1cc([C@H]2OC(=O)N[C@H]2C)cc(C(F)(F)F)c1.Cc1ccc(-c2cc(C(C)C)c(F)cc2C)c(CCl)c1. The van der Waals surface area contributed by atoms with Crippen LogP contribution in [-0.2, 0) is 16.8 Å². The second-order valence-electron chi connectivity index (χ2n) is 10.0. The van der Waals surface area contributed by atoms with Crippen LogP contribution in [0.4, 0.5) is 22.4 Å². The zero-order valence-electron chi connectivity index (χ0n) is 22.3. The van der Waals surface area contributed by atoms with Gasteiger partial charge >= 0.3 is 12.3 Å². The van der Waals surface area contributed by atoms with Gasteiger partial charge in [-0.1, -0.05) is 56.7 Å². The lowest BCUT2D eigenvalue weighted by Crippen LogP contribution is -2.24. The summed E-state index contributed by atoms with van der Waals surface area (Å²) in [5.41, 5.74) is 6.27. The van der Waals surface area contributed by atoms with Gasteiger partial charge in [-0.25, -0.2) is 9.18 Å². The van der Waals surface area contributed by atoms with Gasteiger partial charge in [-0.15, -0.1) is 11.6 Å². The molecule has 3 nitrogen and oxygen atoms in total. The fraction of sp³-hybridized carbons (Fsp3) is 0.387. The fourth-order valence-corrected chi connectivity index (χ4v) is 4.75. The topological polar surface area (TPSA) is 38.3 Å². The zero-order chi connectivity index (χ0) is 28.4. The number of halogens is 5. The van der Waals surface area contributed by atoms with Crippen molar-refractivity contribution in [1.29, 1.82) is 0 Å². The first-order valence-corrected chi connectivity index (χ1v) is 12.9. The highest BCUT2D eigenvalue weighted by molar-refractivity contribution is 6.17. The van der Waals surface area contributed by atoms with E-state index in [2.05, 4.69) is 30.4 Å². The Kier molecular flexibility index (Phi) is 10.6. The van der Waals surface area contributed by atoms with E-state index in [4.69, 9.17) is 16.3 Å². The molecule has 1 N–H and O–H groups in total. The second-order valence-corrected chi connectivity index (χ2v) is 10.3. The third-order valence-corrected chi connectivity index (χ3v) is 6.74. The minimum atomic E-state index is -4.40. The van der Waals surface area contributed by atoms with E-state index in [0.717, 1.165) is 39.9 Å². The lowest BCUT2D eigenvalue weighted by Gasteiger charge is -2.16. The number of aryl methyl sites for hydroxylation is 3. The summed E-state index contributed by atoms with van der Waals surface area (Å²) in [4.78, 5) is 11.0. The smallest absolute Gasteiger partial charge is 0.416 e. The Morgan fingerprint density at radius 2 is 1.64 bits per heavy atom. The minimum absolute atomic E-state index is 0. The van der Waals surface area contributed by atoms with Crippen molar-refractivity contribution in [1.82, 2.24) is 5.32 Å². The highest BCUT2D eigenvalue weighted by Crippen LogP contribution is 2.35. The van der Waals surface area contributed by atoms with Gasteiger partial charge in [-0.2, -0.15) is 13.2 Å². The van der Waals surface area contributed by atoms with Crippen molar-refractivity contribution in [2.24, 2.45) is 0 Å². The van der Waals surface area contributed by atoms with E-state index in [-0.39, 0.29) is 25.2 Å². The average Bonchev–Trinajstić information content (AvgIpc) is 3.16. The summed E-state index contributed by atoms with van der Waals surface area (Å²) in [6.45, 7) is 11.3. The number of alkyl carbamates (subject to hydrolysis) is 1. The highest BCUT2D eigenvalue weighted by Gasteiger charge is 2.35. The monoisotopic (exact) mass is 565 g/mol. The summed E-state index contributed by atoms with van der Waals surface area (Å²) in [6, 6.07) is 13.2. The van der Waals surface area contributed by atoms with E-state index in [1.165, 1.54) is 5.56 Å². The van der Waals surface area contributed by atoms with Gasteiger partial charge < -0.3 is 10.1 Å². The first kappa shape index (κ1) is 32.2. The predicted molar refractivity (Wildman–Crippen MR) is 150 cm³/mol. The van der Waals surface area contributed by atoms with E-state index in [9.17, 15) is 22.4 Å². The molecule has 1 aliphatic rings. The minimum Gasteiger partial charge on any atom is -0.439 e. The maximum absolute atomic E-state index is 14.0. The second kappa shape index (κ2) is 12.9. The number of rotatable bonds is 4. The quantitative estimate of drug-likeness (QED) is 0.252. The van der Waals surface area contributed by atoms with Crippen molar-refractivity contribution < 1.29 is 27.1 Å². The van der Waals surface area contributed by atoms with Crippen LogP contribution < -0.4 is 5.32 Å². The Morgan fingerprint density at radius 1 is 0.974 bits per heavy atom. The molecule has 8 heteroatoms. The average molecular weight is 566 g/mol. The van der Waals surface area contributed by atoms with Crippen LogP contribution in [-0.4, -0.2) is 12.1 Å². The molecule has 1 fully saturated rings. The van der Waals surface area contributed by atoms with E-state index in [0.29, 0.717) is 17.0 Å². The number of ether oxygens (including phenoxy) is 1. The third kappa shape index (κ3) is 7.75. The molecule has 1 aliphatic heterocycles. The number of benzene rings is 3. The van der Waals surface area contributed by atoms with Crippen molar-refractivity contribution in [3.63, 3.8) is 0 Å². The number of hydrogen-bond donors (Lipinski definition) is 1. The zero-order valence-corrected chi connectivity index (χ0v) is 23.0. The Bertz CT molecular complexity index is 1320. The van der Waals surface area contributed by atoms with Crippen LogP contribution in [0.25, 0.3) is 11.1 Å². The van der Waals surface area contributed by atoms with Gasteiger partial charge in [0.1, 0.15) is 11.9 Å². The maximum Gasteiger partial charge on any atom is 0.416 e. The van der Waals surface area contributed by atoms with E-state index in [1.54, 1.807) is 26.0 Å². The van der Waals surface area contributed by atoms with Crippen molar-refractivity contribution in [3.05, 3.63) is 93.3 Å². The highest BCUT2D eigenvalue weighted by atomic mass is 35.5. The number of carbonyl (C=O) groups excluding carboxylic acids is 1. The van der Waals surface area contributed by atoms with Gasteiger partial charge in [0.05, 0.1) is 11.6 Å². The number of amides is 1. The van der Waals surface area contributed by atoms with Crippen molar-refractivity contribution in [2.75, 3.05) is 0 Å². The molecule has 0 radical (unpaired) electrons. The van der Waals surface area contributed by atoms with E-state index in [1.807, 2.05) is 26.8 Å². The normalized spacial score (nSPS) is 16.7. The standard InChI is InChI=1S/C18H20ClF.C12H12F3NO2.CH4/c1-11(2)16-9-17(13(4)8-18(16)20)15-6-5-12(3)7-14(15)10-19;1-6-3-8(5-9(4-6)12(13,14)15)10-7(2)16-11(17)18-10;/h5-9,11H,10H2,1-4H3;3-5,7,10H,1-2H3,(H,16,17);1H4/t;7-,10-;/m.0./s1. The van der Waals surface area contributed by atoms with Gasteiger partial charge in [0.15, 0.2) is 0 Å². The lowest BCUT2D eigenvalue weighted by atomic mass is 9.91. The van der Waals surface area contributed by atoms with Crippen molar-refractivity contribution in [2.45, 2.75) is 79.1 Å². The van der Waals surface area contributed by atoms with Gasteiger partial charge in [0, 0.05) is 5.88 Å². The Labute approximate surface area is 233 Å². The van der Waals surface area contributed by atoms with E-state index < -0.39 is 23.9 Å². The molecule has 3 aromatic carbocycles. The first-order valence-electron chi connectivity index (χ1n) is 12.3. The number of hydrogen-bond acceptors (Lipinski definition) is 2. The van der Waals surface area contributed by atoms with Crippen LogP contribution in [0.15, 0.2) is 48.5 Å². The molecule has 0 unspecified atom stereocenters. The first-order chi connectivity index (χ1) is 17.7. The summed E-state index contributed by atoms with van der Waals surface area (Å²) in [5.74, 6) is 0.505. The fourth-order valence-electron chi connectivity index (χ4n) is 4.53. The molecule has 1 amide bonds. The molecular formula is C31H36ClF4NO2. The molecule has 3 aromatic rings. The molecule has 39 heavy (non-hydrogen) atoms. The van der Waals surface area contributed by atoms with Crippen LogP contribution in [0.2, 0.25) is 0 Å². The Hall–Kier alpha value is -3.06. The largest absolute Gasteiger partial charge is 0.439 e. The van der Waals surface area contributed by atoms with E-state index >= 15 is 0 Å². The molecule has 0 spiro atoms. The number of carbonyl (C=O) groups is 1. The molecule has 2 atom stereocenters. The molecule has 0 aliphatic carbocycles. The van der Waals surface area contributed by atoms with Crippen molar-refractivity contribution in [3.8, 4) is 11.1 Å². The van der Waals surface area contributed by atoms with Crippen LogP contribution in [0.1, 0.15) is 79.2 Å². The molecule has 0 bridgehead atoms. The van der Waals surface area contributed by atoms with Gasteiger partial charge in [0.2, 0.25) is 0 Å². The molecular weight excluding hydrogens is 530 g/mol. The molecule has 0 saturated carbocycles. The number of nitrogens with one attached hydrogen (secondary N) is 1. The molecule has 1 saturated heterocycles. The third-order valence-electron chi connectivity index (χ3n) is 6.45. The van der Waals surface area contributed by atoms with Gasteiger partial charge in [-0.3, -0.25) is 0 Å². The molecule has 4 rings (SSSR count). The van der Waals surface area contributed by atoms with Crippen LogP contribution in [0.5, 0.6) is 0 Å². The molecule has 1 heterocycles. The van der Waals surface area contributed by atoms with Crippen LogP contribution >= 0.6 is 11.6 Å². The lowest BCUT2D eigenvalue weighted by molar-refractivity contribution is -0.137.